The Balaban J connectivity index is 0.000000845. The number of hydrogen-bond acceptors (Lipinski definition) is 2. The molecule has 13 heavy (non-hydrogen) atoms. The maximum atomic E-state index is 11.6. The molecule has 4 heteroatoms. The van der Waals surface area contributed by atoms with Crippen LogP contribution in [0.5, 0.6) is 0 Å². The molecule has 2 aliphatic heterocycles. The molecule has 2 fully saturated rings. The van der Waals surface area contributed by atoms with E-state index in [9.17, 15) is 4.79 Å². The Bertz CT molecular complexity index is 182. The standard InChI is InChI=1S/C9H16N2O.ClH/c12-8-9(4-2-6-11-8)3-1-5-10-7-9;/h10H,1-7H2,(H,11,12);1H. The fourth-order valence-corrected chi connectivity index (χ4v) is 2.30. The van der Waals surface area contributed by atoms with E-state index < -0.39 is 0 Å². The van der Waals surface area contributed by atoms with Gasteiger partial charge in [0.15, 0.2) is 0 Å². The summed E-state index contributed by atoms with van der Waals surface area (Å²) in [5.41, 5.74) is -0.0451. The van der Waals surface area contributed by atoms with Crippen molar-refractivity contribution < 1.29 is 4.79 Å². The first kappa shape index (κ1) is 10.8. The van der Waals surface area contributed by atoms with Gasteiger partial charge < -0.3 is 10.6 Å². The van der Waals surface area contributed by atoms with Crippen LogP contribution in [0.4, 0.5) is 0 Å². The summed E-state index contributed by atoms with van der Waals surface area (Å²) < 4.78 is 0. The van der Waals surface area contributed by atoms with Crippen LogP contribution in [0.3, 0.4) is 0 Å². The second kappa shape index (κ2) is 4.29. The summed E-state index contributed by atoms with van der Waals surface area (Å²) in [6.07, 6.45) is 4.44. The Morgan fingerprint density at radius 3 is 2.46 bits per heavy atom. The number of carbonyl (C=O) groups is 1. The van der Waals surface area contributed by atoms with Gasteiger partial charge in [0, 0.05) is 13.1 Å². The second-order valence-corrected chi connectivity index (χ2v) is 3.92. The third-order valence-corrected chi connectivity index (χ3v) is 3.07. The molecule has 2 rings (SSSR count). The Labute approximate surface area is 85.1 Å². The van der Waals surface area contributed by atoms with Crippen LogP contribution in [0.1, 0.15) is 25.7 Å². The van der Waals surface area contributed by atoms with Gasteiger partial charge in [-0.1, -0.05) is 0 Å². The number of nitrogens with one attached hydrogen (secondary N) is 2. The first-order valence-corrected chi connectivity index (χ1v) is 4.83. The van der Waals surface area contributed by atoms with Crippen molar-refractivity contribution in [1.29, 1.82) is 0 Å². The Kier molecular flexibility index (Phi) is 3.56. The van der Waals surface area contributed by atoms with Gasteiger partial charge in [0.25, 0.3) is 0 Å². The molecule has 0 radical (unpaired) electrons. The summed E-state index contributed by atoms with van der Waals surface area (Å²) in [7, 11) is 0. The van der Waals surface area contributed by atoms with Crippen LogP contribution < -0.4 is 10.6 Å². The highest BCUT2D eigenvalue weighted by atomic mass is 35.5. The van der Waals surface area contributed by atoms with E-state index in [0.29, 0.717) is 0 Å². The van der Waals surface area contributed by atoms with Crippen molar-refractivity contribution in [1.82, 2.24) is 10.6 Å². The molecule has 2 saturated heterocycles. The minimum Gasteiger partial charge on any atom is -0.356 e. The first-order chi connectivity index (χ1) is 5.83. The molecule has 0 saturated carbocycles. The van der Waals surface area contributed by atoms with Crippen LogP contribution in [0, 0.1) is 5.41 Å². The van der Waals surface area contributed by atoms with Gasteiger partial charge in [0.05, 0.1) is 5.41 Å². The molecule has 0 aliphatic carbocycles. The van der Waals surface area contributed by atoms with Crippen LogP contribution in [0.25, 0.3) is 0 Å². The monoisotopic (exact) mass is 204 g/mol. The average molecular weight is 205 g/mol. The van der Waals surface area contributed by atoms with E-state index in [-0.39, 0.29) is 23.7 Å². The number of carbonyl (C=O) groups excluding carboxylic acids is 1. The van der Waals surface area contributed by atoms with Crippen molar-refractivity contribution >= 4 is 18.3 Å². The van der Waals surface area contributed by atoms with Crippen LogP contribution in [-0.4, -0.2) is 25.5 Å². The maximum absolute atomic E-state index is 11.6. The smallest absolute Gasteiger partial charge is 0.227 e. The summed E-state index contributed by atoms with van der Waals surface area (Å²) in [6, 6.07) is 0. The van der Waals surface area contributed by atoms with Gasteiger partial charge in [-0.05, 0) is 32.2 Å². The molecule has 2 aliphatic rings. The highest BCUT2D eigenvalue weighted by Gasteiger charge is 2.40. The van der Waals surface area contributed by atoms with Gasteiger partial charge in [0.1, 0.15) is 0 Å². The third kappa shape index (κ3) is 1.97. The summed E-state index contributed by atoms with van der Waals surface area (Å²) in [4.78, 5) is 11.6. The minimum absolute atomic E-state index is 0. The number of hydrogen-bond donors (Lipinski definition) is 2. The summed E-state index contributed by atoms with van der Waals surface area (Å²) in [5.74, 6) is 0.279. The molecule has 0 aromatic carbocycles. The van der Waals surface area contributed by atoms with E-state index in [0.717, 1.165) is 45.3 Å². The molecule has 2 N–H and O–H groups in total. The summed E-state index contributed by atoms with van der Waals surface area (Å²) in [6.45, 7) is 2.84. The van der Waals surface area contributed by atoms with Crippen molar-refractivity contribution in [2.24, 2.45) is 5.41 Å². The van der Waals surface area contributed by atoms with Crippen LogP contribution in [0.2, 0.25) is 0 Å². The van der Waals surface area contributed by atoms with Gasteiger partial charge in [-0.25, -0.2) is 0 Å². The van der Waals surface area contributed by atoms with E-state index in [1.54, 1.807) is 0 Å². The van der Waals surface area contributed by atoms with Gasteiger partial charge >= 0.3 is 0 Å². The Morgan fingerprint density at radius 2 is 1.85 bits per heavy atom. The van der Waals surface area contributed by atoms with E-state index in [4.69, 9.17) is 0 Å². The molecule has 76 valence electrons. The Morgan fingerprint density at radius 1 is 1.15 bits per heavy atom. The maximum Gasteiger partial charge on any atom is 0.227 e. The molecular formula is C9H17ClN2O. The molecule has 1 amide bonds. The fourth-order valence-electron chi connectivity index (χ4n) is 2.30. The Hall–Kier alpha value is -0.280. The zero-order valence-corrected chi connectivity index (χ0v) is 8.58. The van der Waals surface area contributed by atoms with Gasteiger partial charge in [-0.3, -0.25) is 4.79 Å². The molecule has 0 aromatic rings. The van der Waals surface area contributed by atoms with Crippen molar-refractivity contribution in [3.63, 3.8) is 0 Å². The largest absolute Gasteiger partial charge is 0.356 e. The van der Waals surface area contributed by atoms with E-state index in [1.165, 1.54) is 0 Å². The van der Waals surface area contributed by atoms with Gasteiger partial charge in [-0.15, -0.1) is 12.4 Å². The van der Waals surface area contributed by atoms with Crippen LogP contribution in [-0.2, 0) is 4.79 Å². The van der Waals surface area contributed by atoms with Crippen molar-refractivity contribution in [3.05, 3.63) is 0 Å². The molecule has 1 unspecified atom stereocenters. The normalized spacial score (nSPS) is 33.7. The first-order valence-electron chi connectivity index (χ1n) is 4.83. The summed E-state index contributed by atoms with van der Waals surface area (Å²) >= 11 is 0. The topological polar surface area (TPSA) is 41.1 Å². The van der Waals surface area contributed by atoms with E-state index in [2.05, 4.69) is 10.6 Å². The van der Waals surface area contributed by atoms with Crippen molar-refractivity contribution in [2.45, 2.75) is 25.7 Å². The van der Waals surface area contributed by atoms with E-state index >= 15 is 0 Å². The molecule has 1 spiro atoms. The number of halogens is 1. The molecule has 1 atom stereocenters. The number of piperidine rings is 2. The fraction of sp³-hybridized carbons (Fsp3) is 0.889. The van der Waals surface area contributed by atoms with Crippen LogP contribution >= 0.6 is 12.4 Å². The quantitative estimate of drug-likeness (QED) is 0.610. The molecule has 0 bridgehead atoms. The zero-order chi connectivity index (χ0) is 8.44. The third-order valence-electron chi connectivity index (χ3n) is 3.07. The van der Waals surface area contributed by atoms with Crippen molar-refractivity contribution in [3.8, 4) is 0 Å². The second-order valence-electron chi connectivity index (χ2n) is 3.92. The lowest BCUT2D eigenvalue weighted by molar-refractivity contribution is -0.134. The number of rotatable bonds is 0. The lowest BCUT2D eigenvalue weighted by Gasteiger charge is -2.39. The van der Waals surface area contributed by atoms with Gasteiger partial charge in [0.2, 0.25) is 5.91 Å². The number of amides is 1. The lowest BCUT2D eigenvalue weighted by atomic mass is 9.74. The molecule has 3 nitrogen and oxygen atoms in total. The predicted octanol–water partition coefficient (Wildman–Crippen LogP) is 0.688. The average Bonchev–Trinajstić information content (AvgIpc) is 2.12. The highest BCUT2D eigenvalue weighted by Crippen LogP contribution is 2.33. The SMILES string of the molecule is Cl.O=C1NCCCC12CCCNC2. The lowest BCUT2D eigenvalue weighted by Crippen LogP contribution is -2.53. The molecular weight excluding hydrogens is 188 g/mol. The molecule has 2 heterocycles. The van der Waals surface area contributed by atoms with E-state index in [1.807, 2.05) is 0 Å². The van der Waals surface area contributed by atoms with Crippen LogP contribution in [0.15, 0.2) is 0 Å². The predicted molar refractivity (Wildman–Crippen MR) is 54.0 cm³/mol. The summed E-state index contributed by atoms with van der Waals surface area (Å²) in [5, 5.41) is 6.28. The van der Waals surface area contributed by atoms with Crippen molar-refractivity contribution in [2.75, 3.05) is 19.6 Å². The molecule has 0 aromatic heterocycles. The highest BCUT2D eigenvalue weighted by molar-refractivity contribution is 5.85. The minimum atomic E-state index is -0.0451. The van der Waals surface area contributed by atoms with Gasteiger partial charge in [-0.2, -0.15) is 0 Å². The zero-order valence-electron chi connectivity index (χ0n) is 7.77.